The van der Waals surface area contributed by atoms with Crippen molar-refractivity contribution in [1.29, 1.82) is 5.26 Å². The molecule has 0 aliphatic carbocycles. The lowest BCUT2D eigenvalue weighted by Gasteiger charge is -2.35. The van der Waals surface area contributed by atoms with E-state index in [1.807, 2.05) is 23.1 Å². The van der Waals surface area contributed by atoms with Gasteiger partial charge in [0.05, 0.1) is 0 Å². The summed E-state index contributed by atoms with van der Waals surface area (Å²) < 4.78 is 0. The van der Waals surface area contributed by atoms with Crippen LogP contribution < -0.4 is 10.2 Å². The molecule has 0 aromatic heterocycles. The molecule has 0 unspecified atom stereocenters. The van der Waals surface area contributed by atoms with Crippen molar-refractivity contribution in [2.75, 3.05) is 37.6 Å². The van der Waals surface area contributed by atoms with Crippen LogP contribution >= 0.6 is 0 Å². The Morgan fingerprint density at radius 1 is 1.17 bits per heavy atom. The van der Waals surface area contributed by atoms with Crippen LogP contribution in [0, 0.1) is 18.3 Å². The van der Waals surface area contributed by atoms with Gasteiger partial charge in [0.25, 0.3) is 5.91 Å². The van der Waals surface area contributed by atoms with Gasteiger partial charge in [0.1, 0.15) is 17.4 Å². The average Bonchev–Trinajstić information content (AvgIpc) is 2.74. The summed E-state index contributed by atoms with van der Waals surface area (Å²) in [6, 6.07) is 17.3. The van der Waals surface area contributed by atoms with E-state index in [0.29, 0.717) is 13.0 Å². The fourth-order valence-corrected chi connectivity index (χ4v) is 3.33. The Labute approximate surface area is 171 Å². The molecule has 150 valence electrons. The van der Waals surface area contributed by atoms with Crippen LogP contribution in [-0.2, 0) is 11.2 Å². The maximum absolute atomic E-state index is 12.3. The van der Waals surface area contributed by atoms with Crippen molar-refractivity contribution in [1.82, 2.24) is 10.2 Å². The molecule has 2 aromatic rings. The highest BCUT2D eigenvalue weighted by atomic mass is 16.3. The molecular formula is C23H26N4O2. The van der Waals surface area contributed by atoms with Crippen molar-refractivity contribution in [2.24, 2.45) is 0 Å². The van der Waals surface area contributed by atoms with Crippen LogP contribution in [-0.4, -0.2) is 48.6 Å². The fourth-order valence-electron chi connectivity index (χ4n) is 3.33. The van der Waals surface area contributed by atoms with E-state index in [1.165, 1.54) is 11.3 Å². The second-order valence-corrected chi connectivity index (χ2v) is 7.19. The van der Waals surface area contributed by atoms with Crippen molar-refractivity contribution in [3.05, 3.63) is 71.4 Å². The van der Waals surface area contributed by atoms with Crippen LogP contribution in [0.2, 0.25) is 0 Å². The zero-order chi connectivity index (χ0) is 20.6. The number of carbonyl (C=O) groups excluding carboxylic acids is 1. The summed E-state index contributed by atoms with van der Waals surface area (Å²) in [4.78, 5) is 16.7. The molecule has 0 saturated carbocycles. The van der Waals surface area contributed by atoms with Gasteiger partial charge in [-0.25, -0.2) is 0 Å². The number of phenolic OH excluding ortho intramolecular Hbond substituents is 1. The van der Waals surface area contributed by atoms with E-state index < -0.39 is 0 Å². The van der Waals surface area contributed by atoms with Crippen LogP contribution in [0.1, 0.15) is 11.1 Å². The first-order chi connectivity index (χ1) is 14.0. The average molecular weight is 390 g/mol. The summed E-state index contributed by atoms with van der Waals surface area (Å²) in [5, 5.41) is 21.5. The van der Waals surface area contributed by atoms with Crippen molar-refractivity contribution < 1.29 is 9.90 Å². The number of nitriles is 1. The van der Waals surface area contributed by atoms with Crippen LogP contribution in [0.15, 0.2) is 60.3 Å². The second kappa shape index (κ2) is 9.65. The smallest absolute Gasteiger partial charge is 0.263 e. The van der Waals surface area contributed by atoms with Gasteiger partial charge in [-0.05, 0) is 48.7 Å². The van der Waals surface area contributed by atoms with Gasteiger partial charge >= 0.3 is 0 Å². The molecule has 0 spiro atoms. The first-order valence-electron chi connectivity index (χ1n) is 9.79. The maximum atomic E-state index is 12.3. The summed E-state index contributed by atoms with van der Waals surface area (Å²) >= 11 is 0. The standard InChI is InChI=1S/C23H26N4O2/c1-18-3-2-4-21(15-18)27-13-11-26(12-14-27)17-20(16-24)23(29)25-10-9-19-5-7-22(28)8-6-19/h2-8,15,17,28H,9-14H2,1H3,(H,25,29)/b20-17-. The third-order valence-corrected chi connectivity index (χ3v) is 4.99. The van der Waals surface area contributed by atoms with E-state index in [-0.39, 0.29) is 17.2 Å². The summed E-state index contributed by atoms with van der Waals surface area (Å²) in [5.74, 6) is -0.137. The van der Waals surface area contributed by atoms with E-state index >= 15 is 0 Å². The maximum Gasteiger partial charge on any atom is 0.263 e. The number of hydrogen-bond acceptors (Lipinski definition) is 5. The molecule has 1 fully saturated rings. The number of piperazine rings is 1. The van der Waals surface area contributed by atoms with Crippen LogP contribution in [0.5, 0.6) is 5.75 Å². The highest BCUT2D eigenvalue weighted by Crippen LogP contribution is 2.18. The molecule has 2 N–H and O–H groups in total. The van der Waals surface area contributed by atoms with Crippen LogP contribution in [0.4, 0.5) is 5.69 Å². The third-order valence-electron chi connectivity index (χ3n) is 4.99. The van der Waals surface area contributed by atoms with Gasteiger partial charge < -0.3 is 20.2 Å². The minimum Gasteiger partial charge on any atom is -0.508 e. The zero-order valence-corrected chi connectivity index (χ0v) is 16.6. The minimum atomic E-state index is -0.354. The number of phenols is 1. The molecule has 1 amide bonds. The number of nitrogens with one attached hydrogen (secondary N) is 1. The predicted octanol–water partition coefficient (Wildman–Crippen LogP) is 2.59. The van der Waals surface area contributed by atoms with E-state index in [2.05, 4.69) is 41.4 Å². The molecule has 6 heteroatoms. The Bertz CT molecular complexity index is 907. The number of nitrogens with zero attached hydrogens (tertiary/aromatic N) is 3. The predicted molar refractivity (Wildman–Crippen MR) is 113 cm³/mol. The van der Waals surface area contributed by atoms with Crippen LogP contribution in [0.3, 0.4) is 0 Å². The molecule has 1 saturated heterocycles. The van der Waals surface area contributed by atoms with Gasteiger partial charge in [-0.2, -0.15) is 5.26 Å². The molecule has 0 radical (unpaired) electrons. The van der Waals surface area contributed by atoms with E-state index in [9.17, 15) is 15.2 Å². The molecule has 1 heterocycles. The van der Waals surface area contributed by atoms with E-state index in [4.69, 9.17) is 0 Å². The molecule has 6 nitrogen and oxygen atoms in total. The number of aromatic hydroxyl groups is 1. The highest BCUT2D eigenvalue weighted by Gasteiger charge is 2.17. The number of benzene rings is 2. The lowest BCUT2D eigenvalue weighted by Crippen LogP contribution is -2.44. The number of anilines is 1. The molecule has 29 heavy (non-hydrogen) atoms. The molecule has 0 atom stereocenters. The first-order valence-corrected chi connectivity index (χ1v) is 9.79. The molecule has 1 aliphatic rings. The number of hydrogen-bond donors (Lipinski definition) is 2. The quantitative estimate of drug-likeness (QED) is 0.585. The van der Waals surface area contributed by atoms with E-state index in [1.54, 1.807) is 18.3 Å². The van der Waals surface area contributed by atoms with Crippen LogP contribution in [0.25, 0.3) is 0 Å². The van der Waals surface area contributed by atoms with E-state index in [0.717, 1.165) is 31.7 Å². The zero-order valence-electron chi connectivity index (χ0n) is 16.6. The van der Waals surface area contributed by atoms with Crippen molar-refractivity contribution >= 4 is 11.6 Å². The lowest BCUT2D eigenvalue weighted by molar-refractivity contribution is -0.117. The first kappa shape index (κ1) is 20.3. The number of rotatable bonds is 6. The molecular weight excluding hydrogens is 364 g/mol. The van der Waals surface area contributed by atoms with Gasteiger partial charge in [0.2, 0.25) is 0 Å². The molecule has 1 aliphatic heterocycles. The minimum absolute atomic E-state index is 0.125. The number of aryl methyl sites for hydroxylation is 1. The van der Waals surface area contributed by atoms with Gasteiger partial charge in [0.15, 0.2) is 0 Å². The fraction of sp³-hybridized carbons (Fsp3) is 0.304. The Kier molecular flexibility index (Phi) is 6.75. The monoisotopic (exact) mass is 390 g/mol. The largest absolute Gasteiger partial charge is 0.508 e. The topological polar surface area (TPSA) is 79.6 Å². The normalized spacial score (nSPS) is 14.4. The molecule has 3 rings (SSSR count). The third kappa shape index (κ3) is 5.76. The molecule has 2 aromatic carbocycles. The van der Waals surface area contributed by atoms with Gasteiger partial charge in [-0.1, -0.05) is 24.3 Å². The number of amides is 1. The van der Waals surface area contributed by atoms with Gasteiger partial charge in [-0.15, -0.1) is 0 Å². The SMILES string of the molecule is Cc1cccc(N2CCN(/C=C(/C#N)C(=O)NCCc3ccc(O)cc3)CC2)c1. The Balaban J connectivity index is 1.49. The number of carbonyl (C=O) groups is 1. The Morgan fingerprint density at radius 3 is 2.55 bits per heavy atom. The van der Waals surface area contributed by atoms with Crippen molar-refractivity contribution in [3.8, 4) is 11.8 Å². The Morgan fingerprint density at radius 2 is 1.90 bits per heavy atom. The van der Waals surface area contributed by atoms with Crippen molar-refractivity contribution in [2.45, 2.75) is 13.3 Å². The summed E-state index contributed by atoms with van der Waals surface area (Å²) in [5.41, 5.74) is 3.58. The summed E-state index contributed by atoms with van der Waals surface area (Å²) in [6.07, 6.45) is 2.31. The summed E-state index contributed by atoms with van der Waals surface area (Å²) in [6.45, 7) is 5.74. The van der Waals surface area contributed by atoms with Gasteiger partial charge in [0, 0.05) is 44.6 Å². The lowest BCUT2D eigenvalue weighted by atomic mass is 10.1. The second-order valence-electron chi connectivity index (χ2n) is 7.19. The van der Waals surface area contributed by atoms with Gasteiger partial charge in [-0.3, -0.25) is 4.79 Å². The van der Waals surface area contributed by atoms with Crippen molar-refractivity contribution in [3.63, 3.8) is 0 Å². The Hall–Kier alpha value is -3.46. The highest BCUT2D eigenvalue weighted by molar-refractivity contribution is 5.97. The molecule has 0 bridgehead atoms. The summed E-state index contributed by atoms with van der Waals surface area (Å²) in [7, 11) is 0.